The Morgan fingerprint density at radius 3 is 3.00 bits per heavy atom. The third-order valence-corrected chi connectivity index (χ3v) is 3.74. The van der Waals surface area contributed by atoms with Crippen molar-refractivity contribution in [3.8, 4) is 0 Å². The van der Waals surface area contributed by atoms with E-state index in [9.17, 15) is 4.79 Å². The van der Waals surface area contributed by atoms with Gasteiger partial charge < -0.3 is 10.4 Å². The highest BCUT2D eigenvalue weighted by Crippen LogP contribution is 2.30. The standard InChI is InChI=1S/C11H12ClN3O2S/c1-2-6-5-7-9(13-4-3-8(16)17)14-11(12)15-10(7)18-6/h5H,2-4H2,1H3,(H,16,17)(H,13,14,15). The molecule has 18 heavy (non-hydrogen) atoms. The summed E-state index contributed by atoms with van der Waals surface area (Å²) in [6.07, 6.45) is 0.959. The summed E-state index contributed by atoms with van der Waals surface area (Å²) in [6.45, 7) is 2.38. The van der Waals surface area contributed by atoms with Gasteiger partial charge in [-0.25, -0.2) is 9.97 Å². The molecule has 7 heteroatoms. The molecule has 0 bridgehead atoms. The molecule has 0 atom stereocenters. The largest absolute Gasteiger partial charge is 0.481 e. The van der Waals surface area contributed by atoms with Gasteiger partial charge in [-0.1, -0.05) is 6.92 Å². The SMILES string of the molecule is CCc1cc2c(NCCC(=O)O)nc(Cl)nc2s1. The summed E-state index contributed by atoms with van der Waals surface area (Å²) in [7, 11) is 0. The molecule has 5 nitrogen and oxygen atoms in total. The van der Waals surface area contributed by atoms with Gasteiger partial charge in [0, 0.05) is 11.4 Å². The van der Waals surface area contributed by atoms with Crippen LogP contribution in [0.3, 0.4) is 0 Å². The van der Waals surface area contributed by atoms with Gasteiger partial charge in [0.05, 0.1) is 11.8 Å². The molecule has 0 amide bonds. The number of nitrogens with one attached hydrogen (secondary N) is 1. The van der Waals surface area contributed by atoms with Crippen LogP contribution >= 0.6 is 22.9 Å². The number of carboxylic acids is 1. The number of carbonyl (C=O) groups is 1. The molecule has 2 rings (SSSR count). The van der Waals surface area contributed by atoms with E-state index in [-0.39, 0.29) is 11.7 Å². The molecule has 0 aliphatic rings. The number of fused-ring (bicyclic) bond motifs is 1. The van der Waals surface area contributed by atoms with Crippen molar-refractivity contribution in [3.63, 3.8) is 0 Å². The van der Waals surface area contributed by atoms with E-state index < -0.39 is 5.97 Å². The quantitative estimate of drug-likeness (QED) is 0.826. The molecule has 2 aromatic heterocycles. The molecule has 0 fully saturated rings. The summed E-state index contributed by atoms with van der Waals surface area (Å²) in [5.74, 6) is -0.249. The second-order valence-corrected chi connectivity index (χ2v) is 5.15. The van der Waals surface area contributed by atoms with Crippen molar-refractivity contribution in [2.45, 2.75) is 19.8 Å². The van der Waals surface area contributed by atoms with Crippen molar-refractivity contribution in [1.29, 1.82) is 0 Å². The zero-order valence-corrected chi connectivity index (χ0v) is 11.3. The second kappa shape index (κ2) is 5.49. The lowest BCUT2D eigenvalue weighted by atomic mass is 10.3. The monoisotopic (exact) mass is 285 g/mol. The smallest absolute Gasteiger partial charge is 0.305 e. The van der Waals surface area contributed by atoms with Gasteiger partial charge in [-0.05, 0) is 24.1 Å². The average Bonchev–Trinajstić information content (AvgIpc) is 2.71. The van der Waals surface area contributed by atoms with Crippen LogP contribution in [0, 0.1) is 0 Å². The fourth-order valence-corrected chi connectivity index (χ4v) is 2.73. The average molecular weight is 286 g/mol. The molecular weight excluding hydrogens is 274 g/mol. The van der Waals surface area contributed by atoms with E-state index >= 15 is 0 Å². The maximum absolute atomic E-state index is 10.5. The highest BCUT2D eigenvalue weighted by atomic mass is 35.5. The predicted molar refractivity (Wildman–Crippen MR) is 72.5 cm³/mol. The minimum Gasteiger partial charge on any atom is -0.481 e. The zero-order valence-electron chi connectivity index (χ0n) is 9.73. The van der Waals surface area contributed by atoms with Gasteiger partial charge in [0.15, 0.2) is 0 Å². The Labute approximate surface area is 113 Å². The van der Waals surface area contributed by atoms with Crippen molar-refractivity contribution in [2.75, 3.05) is 11.9 Å². The Balaban J connectivity index is 2.29. The molecule has 0 aliphatic heterocycles. The fraction of sp³-hybridized carbons (Fsp3) is 0.364. The number of carboxylic acid groups (broad SMARTS) is 1. The first-order valence-electron chi connectivity index (χ1n) is 5.51. The third-order valence-electron chi connectivity index (χ3n) is 2.40. The molecule has 0 aliphatic carbocycles. The Morgan fingerprint density at radius 1 is 1.56 bits per heavy atom. The maximum Gasteiger partial charge on any atom is 0.305 e. The first-order valence-corrected chi connectivity index (χ1v) is 6.71. The number of hydrogen-bond acceptors (Lipinski definition) is 5. The topological polar surface area (TPSA) is 75.1 Å². The predicted octanol–water partition coefficient (Wildman–Crippen LogP) is 2.79. The van der Waals surface area contributed by atoms with Crippen LogP contribution in [0.25, 0.3) is 10.2 Å². The van der Waals surface area contributed by atoms with E-state index in [0.717, 1.165) is 16.6 Å². The first kappa shape index (κ1) is 13.0. The van der Waals surface area contributed by atoms with Gasteiger partial charge in [0.2, 0.25) is 5.28 Å². The zero-order chi connectivity index (χ0) is 13.1. The van der Waals surface area contributed by atoms with E-state index in [1.165, 1.54) is 4.88 Å². The molecular formula is C11H12ClN3O2S. The van der Waals surface area contributed by atoms with Crippen LogP contribution < -0.4 is 5.32 Å². The van der Waals surface area contributed by atoms with Gasteiger partial charge in [-0.3, -0.25) is 4.79 Å². The van der Waals surface area contributed by atoms with Crippen LogP contribution in [-0.2, 0) is 11.2 Å². The van der Waals surface area contributed by atoms with Crippen molar-refractivity contribution < 1.29 is 9.90 Å². The number of aromatic nitrogens is 2. The molecule has 0 aromatic carbocycles. The van der Waals surface area contributed by atoms with Crippen LogP contribution in [0.4, 0.5) is 5.82 Å². The molecule has 0 radical (unpaired) electrons. The summed E-state index contributed by atoms with van der Waals surface area (Å²) < 4.78 is 0. The summed E-state index contributed by atoms with van der Waals surface area (Å²) in [5, 5.41) is 12.7. The van der Waals surface area contributed by atoms with E-state index in [4.69, 9.17) is 16.7 Å². The maximum atomic E-state index is 10.5. The highest BCUT2D eigenvalue weighted by Gasteiger charge is 2.10. The number of halogens is 1. The summed E-state index contributed by atoms with van der Waals surface area (Å²) in [5.41, 5.74) is 0. The molecule has 96 valence electrons. The van der Waals surface area contributed by atoms with Gasteiger partial charge >= 0.3 is 5.97 Å². The molecule has 0 saturated heterocycles. The van der Waals surface area contributed by atoms with Crippen molar-refractivity contribution in [1.82, 2.24) is 9.97 Å². The fourth-order valence-electron chi connectivity index (χ4n) is 1.54. The van der Waals surface area contributed by atoms with Gasteiger partial charge in [-0.15, -0.1) is 11.3 Å². The van der Waals surface area contributed by atoms with Crippen LogP contribution in [0.1, 0.15) is 18.2 Å². The Kier molecular flexibility index (Phi) is 3.98. The number of nitrogens with zero attached hydrogens (tertiary/aromatic N) is 2. The highest BCUT2D eigenvalue weighted by molar-refractivity contribution is 7.18. The number of aliphatic carboxylic acids is 1. The molecule has 2 aromatic rings. The number of anilines is 1. The molecule has 2 N–H and O–H groups in total. The van der Waals surface area contributed by atoms with Crippen molar-refractivity contribution in [2.24, 2.45) is 0 Å². The third kappa shape index (κ3) is 2.88. The first-order chi connectivity index (χ1) is 8.60. The lowest BCUT2D eigenvalue weighted by Crippen LogP contribution is -2.09. The summed E-state index contributed by atoms with van der Waals surface area (Å²) in [4.78, 5) is 20.8. The van der Waals surface area contributed by atoms with E-state index in [1.807, 2.05) is 6.07 Å². The molecule has 2 heterocycles. The van der Waals surface area contributed by atoms with Gasteiger partial charge in [0.1, 0.15) is 10.6 Å². The van der Waals surface area contributed by atoms with Gasteiger partial charge in [0.25, 0.3) is 0 Å². The number of thiophene rings is 1. The van der Waals surface area contributed by atoms with Crippen LogP contribution in [0.5, 0.6) is 0 Å². The normalized spacial score (nSPS) is 10.8. The van der Waals surface area contributed by atoms with E-state index in [2.05, 4.69) is 22.2 Å². The van der Waals surface area contributed by atoms with E-state index in [0.29, 0.717) is 12.4 Å². The molecule has 0 saturated carbocycles. The van der Waals surface area contributed by atoms with Crippen LogP contribution in [-0.4, -0.2) is 27.6 Å². The van der Waals surface area contributed by atoms with Crippen LogP contribution in [0.15, 0.2) is 6.07 Å². The van der Waals surface area contributed by atoms with Crippen molar-refractivity contribution in [3.05, 3.63) is 16.2 Å². The molecule has 0 unspecified atom stereocenters. The Morgan fingerprint density at radius 2 is 2.33 bits per heavy atom. The number of hydrogen-bond donors (Lipinski definition) is 2. The number of aryl methyl sites for hydroxylation is 1. The van der Waals surface area contributed by atoms with Crippen LogP contribution in [0.2, 0.25) is 5.28 Å². The Hall–Kier alpha value is -1.40. The number of rotatable bonds is 5. The second-order valence-electron chi connectivity index (χ2n) is 3.70. The lowest BCUT2D eigenvalue weighted by Gasteiger charge is -2.05. The van der Waals surface area contributed by atoms with Crippen molar-refractivity contribution >= 4 is 44.9 Å². The summed E-state index contributed by atoms with van der Waals surface area (Å²) >= 11 is 7.42. The lowest BCUT2D eigenvalue weighted by molar-refractivity contribution is -0.136. The minimum absolute atomic E-state index is 0.0356. The van der Waals surface area contributed by atoms with Gasteiger partial charge in [-0.2, -0.15) is 0 Å². The van der Waals surface area contributed by atoms with E-state index in [1.54, 1.807) is 11.3 Å². The minimum atomic E-state index is -0.849. The Bertz CT molecular complexity index is 585. The molecule has 0 spiro atoms. The summed E-state index contributed by atoms with van der Waals surface area (Å²) in [6, 6.07) is 2.01.